The highest BCUT2D eigenvalue weighted by Gasteiger charge is 2.34. The number of hydrogen-bond donors (Lipinski definition) is 1. The lowest BCUT2D eigenvalue weighted by molar-refractivity contribution is -0.140. The number of halogens is 3. The third-order valence-electron chi connectivity index (χ3n) is 6.49. The first-order valence-corrected chi connectivity index (χ1v) is 15.0. The van der Waals surface area contributed by atoms with Crippen LogP contribution in [0.3, 0.4) is 0 Å². The van der Waals surface area contributed by atoms with Gasteiger partial charge in [-0.15, -0.1) is 0 Å². The van der Waals surface area contributed by atoms with Crippen LogP contribution >= 0.6 is 23.2 Å². The van der Waals surface area contributed by atoms with Crippen molar-refractivity contribution in [2.24, 2.45) is 0 Å². The summed E-state index contributed by atoms with van der Waals surface area (Å²) in [7, 11) is -4.29. The second-order valence-corrected chi connectivity index (χ2v) is 12.0. The second-order valence-electron chi connectivity index (χ2n) is 9.28. The van der Waals surface area contributed by atoms with Crippen LogP contribution in [0.1, 0.15) is 39.2 Å². The molecule has 0 aliphatic heterocycles. The summed E-state index contributed by atoms with van der Waals surface area (Å²) in [5.41, 5.74) is 0.591. The number of benzene rings is 3. The molecule has 3 rings (SSSR count). The average Bonchev–Trinajstić information content (AvgIpc) is 2.94. The van der Waals surface area contributed by atoms with Crippen LogP contribution in [-0.2, 0) is 26.2 Å². The zero-order valence-electron chi connectivity index (χ0n) is 22.5. The summed E-state index contributed by atoms with van der Waals surface area (Å²) in [4.78, 5) is 28.6. The molecule has 0 saturated heterocycles. The number of nitrogens with zero attached hydrogens (tertiary/aromatic N) is 2. The zero-order valence-corrected chi connectivity index (χ0v) is 24.8. The molecule has 0 aliphatic rings. The van der Waals surface area contributed by atoms with Gasteiger partial charge in [-0.2, -0.15) is 0 Å². The van der Waals surface area contributed by atoms with Crippen LogP contribution in [0.25, 0.3) is 0 Å². The Morgan fingerprint density at radius 2 is 1.57 bits per heavy atom. The Hall–Kier alpha value is -3.14. The van der Waals surface area contributed by atoms with E-state index in [1.165, 1.54) is 23.1 Å². The predicted octanol–water partition coefficient (Wildman–Crippen LogP) is 6.05. The standard InChI is InChI=1S/C29H32Cl2FN3O4S/c1-4-20(3)33-29(37)27(5-2)34(18-21-11-9-10-14-24(21)30)28(36)19-35(22-15-16-26(32)25(31)17-22)40(38,39)23-12-7-6-8-13-23/h6-17,20,27H,4-5,18-19H2,1-3H3,(H,33,37)/t20-,27+/m1/s1. The van der Waals surface area contributed by atoms with Crippen molar-refractivity contribution in [3.05, 3.63) is 94.2 Å². The van der Waals surface area contributed by atoms with Crippen molar-refractivity contribution in [1.82, 2.24) is 10.2 Å². The normalized spacial score (nSPS) is 12.8. The van der Waals surface area contributed by atoms with E-state index in [0.29, 0.717) is 17.0 Å². The maximum atomic E-state index is 14.0. The second kappa shape index (κ2) is 14.0. The molecule has 11 heteroatoms. The summed E-state index contributed by atoms with van der Waals surface area (Å²) in [6.45, 7) is 4.85. The number of carbonyl (C=O) groups excluding carboxylic acids is 2. The maximum Gasteiger partial charge on any atom is 0.264 e. The van der Waals surface area contributed by atoms with Gasteiger partial charge in [0.2, 0.25) is 11.8 Å². The Labute approximate surface area is 244 Å². The Balaban J connectivity index is 2.08. The van der Waals surface area contributed by atoms with E-state index < -0.39 is 34.3 Å². The van der Waals surface area contributed by atoms with Gasteiger partial charge in [0.25, 0.3) is 10.0 Å². The van der Waals surface area contributed by atoms with Crippen LogP contribution in [0.2, 0.25) is 10.0 Å². The fraction of sp³-hybridized carbons (Fsp3) is 0.310. The van der Waals surface area contributed by atoms with Crippen molar-refractivity contribution in [2.45, 2.75) is 57.1 Å². The van der Waals surface area contributed by atoms with Gasteiger partial charge in [0.05, 0.1) is 15.6 Å². The molecule has 2 amide bonds. The Morgan fingerprint density at radius 3 is 2.17 bits per heavy atom. The summed E-state index contributed by atoms with van der Waals surface area (Å²) in [6.07, 6.45) is 0.960. The third-order valence-corrected chi connectivity index (χ3v) is 8.93. The van der Waals surface area contributed by atoms with E-state index in [9.17, 15) is 22.4 Å². The molecule has 7 nitrogen and oxygen atoms in total. The van der Waals surface area contributed by atoms with Crippen LogP contribution in [0, 0.1) is 5.82 Å². The van der Waals surface area contributed by atoms with E-state index in [2.05, 4.69) is 5.32 Å². The molecule has 0 radical (unpaired) electrons. The number of nitrogens with one attached hydrogen (secondary N) is 1. The first-order valence-electron chi connectivity index (χ1n) is 12.9. The fourth-order valence-corrected chi connectivity index (χ4v) is 5.86. The first kappa shape index (κ1) is 31.4. The molecule has 40 heavy (non-hydrogen) atoms. The minimum Gasteiger partial charge on any atom is -0.352 e. The van der Waals surface area contributed by atoms with Gasteiger partial charge in [0.15, 0.2) is 0 Å². The van der Waals surface area contributed by atoms with E-state index in [1.54, 1.807) is 49.4 Å². The van der Waals surface area contributed by atoms with Crippen molar-refractivity contribution < 1.29 is 22.4 Å². The molecule has 0 unspecified atom stereocenters. The number of sulfonamides is 1. The molecule has 1 N–H and O–H groups in total. The van der Waals surface area contributed by atoms with Gasteiger partial charge >= 0.3 is 0 Å². The first-order chi connectivity index (χ1) is 19.0. The minimum atomic E-state index is -4.29. The molecule has 0 fully saturated rings. The molecule has 0 aromatic heterocycles. The lowest BCUT2D eigenvalue weighted by atomic mass is 10.1. The summed E-state index contributed by atoms with van der Waals surface area (Å²) in [5.74, 6) is -1.74. The monoisotopic (exact) mass is 607 g/mol. The number of amides is 2. The topological polar surface area (TPSA) is 86.8 Å². The molecule has 0 aliphatic carbocycles. The van der Waals surface area contributed by atoms with Crippen molar-refractivity contribution >= 4 is 50.7 Å². The molecule has 3 aromatic carbocycles. The average molecular weight is 609 g/mol. The van der Waals surface area contributed by atoms with E-state index in [4.69, 9.17) is 23.2 Å². The summed E-state index contributed by atoms with van der Waals surface area (Å²) >= 11 is 12.4. The van der Waals surface area contributed by atoms with E-state index in [0.717, 1.165) is 16.4 Å². The summed E-state index contributed by atoms with van der Waals surface area (Å²) in [6, 6.07) is 16.9. The van der Waals surface area contributed by atoms with Gasteiger partial charge < -0.3 is 10.2 Å². The zero-order chi connectivity index (χ0) is 29.4. The van der Waals surface area contributed by atoms with Crippen molar-refractivity contribution in [3.63, 3.8) is 0 Å². The van der Waals surface area contributed by atoms with Gasteiger partial charge in [-0.25, -0.2) is 12.8 Å². The number of hydrogen-bond acceptors (Lipinski definition) is 4. The fourth-order valence-electron chi connectivity index (χ4n) is 4.06. The Kier molecular flexibility index (Phi) is 11.0. The van der Waals surface area contributed by atoms with Crippen LogP contribution in [-0.4, -0.2) is 43.8 Å². The molecule has 0 saturated carbocycles. The minimum absolute atomic E-state index is 0.00148. The van der Waals surface area contributed by atoms with Crippen LogP contribution in [0.15, 0.2) is 77.7 Å². The molecule has 0 heterocycles. The van der Waals surface area contributed by atoms with Gasteiger partial charge in [-0.05, 0) is 61.7 Å². The number of anilines is 1. The lowest BCUT2D eigenvalue weighted by Crippen LogP contribution is -2.53. The van der Waals surface area contributed by atoms with E-state index in [1.807, 2.05) is 13.8 Å². The van der Waals surface area contributed by atoms with Crippen molar-refractivity contribution in [2.75, 3.05) is 10.8 Å². The predicted molar refractivity (Wildman–Crippen MR) is 156 cm³/mol. The molecule has 214 valence electrons. The SMILES string of the molecule is CC[C@@H](C)NC(=O)[C@H](CC)N(Cc1ccccc1Cl)C(=O)CN(c1ccc(F)c(Cl)c1)S(=O)(=O)c1ccccc1. The maximum absolute atomic E-state index is 14.0. The largest absolute Gasteiger partial charge is 0.352 e. The molecule has 0 bridgehead atoms. The summed E-state index contributed by atoms with van der Waals surface area (Å²) < 4.78 is 42.4. The number of rotatable bonds is 12. The van der Waals surface area contributed by atoms with E-state index in [-0.39, 0.29) is 40.5 Å². The highest BCUT2D eigenvalue weighted by molar-refractivity contribution is 7.92. The quantitative estimate of drug-likeness (QED) is 0.271. The Bertz CT molecular complexity index is 1440. The van der Waals surface area contributed by atoms with Crippen LogP contribution < -0.4 is 9.62 Å². The molecular formula is C29H32Cl2FN3O4S. The van der Waals surface area contributed by atoms with Gasteiger partial charge in [0.1, 0.15) is 18.4 Å². The van der Waals surface area contributed by atoms with Gasteiger partial charge in [-0.3, -0.25) is 13.9 Å². The van der Waals surface area contributed by atoms with Gasteiger partial charge in [0, 0.05) is 17.6 Å². The molecule has 0 spiro atoms. The molecule has 2 atom stereocenters. The highest BCUT2D eigenvalue weighted by atomic mass is 35.5. The van der Waals surface area contributed by atoms with Crippen molar-refractivity contribution in [3.8, 4) is 0 Å². The molecular weight excluding hydrogens is 576 g/mol. The molecule has 3 aromatic rings. The summed E-state index contributed by atoms with van der Waals surface area (Å²) in [5, 5.41) is 3.01. The van der Waals surface area contributed by atoms with Crippen LogP contribution in [0.5, 0.6) is 0 Å². The van der Waals surface area contributed by atoms with Crippen LogP contribution in [0.4, 0.5) is 10.1 Å². The van der Waals surface area contributed by atoms with Crippen molar-refractivity contribution in [1.29, 1.82) is 0 Å². The third kappa shape index (κ3) is 7.53. The Morgan fingerprint density at radius 1 is 0.925 bits per heavy atom. The van der Waals surface area contributed by atoms with Gasteiger partial charge in [-0.1, -0.05) is 73.4 Å². The number of carbonyl (C=O) groups is 2. The lowest BCUT2D eigenvalue weighted by Gasteiger charge is -2.34. The highest BCUT2D eigenvalue weighted by Crippen LogP contribution is 2.29. The van der Waals surface area contributed by atoms with E-state index >= 15 is 0 Å². The smallest absolute Gasteiger partial charge is 0.264 e.